The number of hydrogen-bond donors (Lipinski definition) is 3. The topological polar surface area (TPSA) is 79.5 Å². The average molecular weight is 462 g/mol. The van der Waals surface area contributed by atoms with Crippen LogP contribution in [0.25, 0.3) is 0 Å². The molecule has 3 aromatic carbocycles. The highest BCUT2D eigenvalue weighted by Crippen LogP contribution is 2.21. The Labute approximate surface area is 199 Å². The van der Waals surface area contributed by atoms with Crippen molar-refractivity contribution in [2.75, 3.05) is 10.6 Å². The summed E-state index contributed by atoms with van der Waals surface area (Å²) < 4.78 is 5.71. The Morgan fingerprint density at radius 1 is 0.818 bits per heavy atom. The zero-order valence-corrected chi connectivity index (χ0v) is 19.9. The van der Waals surface area contributed by atoms with Crippen molar-refractivity contribution in [3.8, 4) is 5.75 Å². The first kappa shape index (κ1) is 23.9. The van der Waals surface area contributed by atoms with Crippen LogP contribution in [0.2, 0.25) is 0 Å². The predicted octanol–water partition coefficient (Wildman–Crippen LogP) is 5.47. The smallest absolute Gasteiger partial charge is 0.261 e. The third-order valence-electron chi connectivity index (χ3n) is 4.91. The van der Waals surface area contributed by atoms with Crippen LogP contribution >= 0.6 is 12.2 Å². The number of anilines is 2. The van der Waals surface area contributed by atoms with Gasteiger partial charge in [0.15, 0.2) is 5.11 Å². The minimum absolute atomic E-state index is 0.0748. The lowest BCUT2D eigenvalue weighted by Crippen LogP contribution is -2.35. The zero-order valence-electron chi connectivity index (χ0n) is 19.1. The van der Waals surface area contributed by atoms with Gasteiger partial charge >= 0.3 is 0 Å². The molecule has 0 aliphatic heterocycles. The lowest BCUT2D eigenvalue weighted by Gasteiger charge is -2.16. The number of rotatable bonds is 6. The second-order valence-electron chi connectivity index (χ2n) is 7.87. The van der Waals surface area contributed by atoms with Crippen LogP contribution in [-0.2, 0) is 0 Å². The van der Waals surface area contributed by atoms with E-state index in [-0.39, 0.29) is 17.1 Å². The molecule has 0 aliphatic carbocycles. The van der Waals surface area contributed by atoms with Crippen LogP contribution in [0.3, 0.4) is 0 Å². The fourth-order valence-electron chi connectivity index (χ4n) is 3.14. The van der Waals surface area contributed by atoms with Gasteiger partial charge in [-0.05, 0) is 87.4 Å². The molecular formula is C26H27N3O3S. The first-order valence-corrected chi connectivity index (χ1v) is 11.0. The van der Waals surface area contributed by atoms with Gasteiger partial charge in [-0.15, -0.1) is 0 Å². The van der Waals surface area contributed by atoms with E-state index in [1.165, 1.54) is 0 Å². The molecule has 3 aromatic rings. The van der Waals surface area contributed by atoms with E-state index in [0.29, 0.717) is 28.3 Å². The third-order valence-corrected chi connectivity index (χ3v) is 5.11. The fourth-order valence-corrected chi connectivity index (χ4v) is 3.35. The Balaban J connectivity index is 1.71. The molecule has 0 unspecified atom stereocenters. The molecule has 0 spiro atoms. The summed E-state index contributed by atoms with van der Waals surface area (Å²) in [6.07, 6.45) is -0.0771. The largest absolute Gasteiger partial charge is 0.490 e. The molecular weight excluding hydrogens is 434 g/mol. The summed E-state index contributed by atoms with van der Waals surface area (Å²) >= 11 is 5.34. The molecule has 0 fully saturated rings. The fraction of sp³-hybridized carbons (Fsp3) is 0.192. The summed E-state index contributed by atoms with van der Waals surface area (Å²) in [7, 11) is 0. The van der Waals surface area contributed by atoms with Gasteiger partial charge in [0, 0.05) is 5.69 Å². The molecule has 0 aliphatic rings. The maximum Gasteiger partial charge on any atom is 0.261 e. The molecule has 3 N–H and O–H groups in total. The van der Waals surface area contributed by atoms with Gasteiger partial charge in [0.25, 0.3) is 11.8 Å². The van der Waals surface area contributed by atoms with Crippen molar-refractivity contribution in [1.29, 1.82) is 0 Å². The van der Waals surface area contributed by atoms with E-state index >= 15 is 0 Å². The van der Waals surface area contributed by atoms with Crippen LogP contribution < -0.4 is 20.7 Å². The highest BCUT2D eigenvalue weighted by Gasteiger charge is 2.16. The maximum absolute atomic E-state index is 12.9. The van der Waals surface area contributed by atoms with Crippen molar-refractivity contribution in [1.82, 2.24) is 5.32 Å². The number of para-hydroxylation sites is 2. The van der Waals surface area contributed by atoms with Crippen LogP contribution in [-0.4, -0.2) is 23.0 Å². The van der Waals surface area contributed by atoms with Crippen LogP contribution in [0.15, 0.2) is 66.7 Å². The molecule has 3 rings (SSSR count). The molecule has 2 amide bonds. The molecule has 7 heteroatoms. The van der Waals surface area contributed by atoms with E-state index in [2.05, 4.69) is 16.0 Å². The van der Waals surface area contributed by atoms with Crippen molar-refractivity contribution in [2.45, 2.75) is 33.8 Å². The molecule has 0 saturated heterocycles. The Kier molecular flexibility index (Phi) is 7.79. The van der Waals surface area contributed by atoms with Crippen molar-refractivity contribution < 1.29 is 14.3 Å². The molecule has 0 saturated carbocycles. The molecule has 0 heterocycles. The van der Waals surface area contributed by atoms with E-state index in [1.807, 2.05) is 45.9 Å². The van der Waals surface area contributed by atoms with E-state index in [0.717, 1.165) is 11.1 Å². The van der Waals surface area contributed by atoms with Gasteiger partial charge in [0.1, 0.15) is 5.75 Å². The number of ether oxygens (including phenoxy) is 1. The van der Waals surface area contributed by atoms with Gasteiger partial charge in [0.05, 0.1) is 22.9 Å². The standard InChI is InChI=1S/C26H27N3O3S/c1-16(2)32-23-12-8-6-10-21(23)25(31)29-26(33)28-22-11-7-5-9-20(22)24(30)27-19-14-13-17(3)18(4)15-19/h5-16H,1-4H3,(H,27,30)(H2,28,29,31,33). The summed E-state index contributed by atoms with van der Waals surface area (Å²) in [6.45, 7) is 7.79. The average Bonchev–Trinajstić information content (AvgIpc) is 2.76. The second kappa shape index (κ2) is 10.7. The molecule has 0 bridgehead atoms. The summed E-state index contributed by atoms with van der Waals surface area (Å²) in [6, 6.07) is 19.7. The quantitative estimate of drug-likeness (QED) is 0.424. The number of aryl methyl sites for hydroxylation is 2. The molecule has 33 heavy (non-hydrogen) atoms. The van der Waals surface area contributed by atoms with Crippen LogP contribution in [0.1, 0.15) is 45.7 Å². The van der Waals surface area contributed by atoms with Gasteiger partial charge in [-0.25, -0.2) is 0 Å². The van der Waals surface area contributed by atoms with Gasteiger partial charge in [-0.2, -0.15) is 0 Å². The van der Waals surface area contributed by atoms with Crippen molar-refractivity contribution in [3.63, 3.8) is 0 Å². The number of carbonyl (C=O) groups is 2. The number of benzene rings is 3. The minimum Gasteiger partial charge on any atom is -0.490 e. The Morgan fingerprint density at radius 3 is 2.18 bits per heavy atom. The first-order chi connectivity index (χ1) is 15.7. The predicted molar refractivity (Wildman–Crippen MR) is 136 cm³/mol. The number of carbonyl (C=O) groups excluding carboxylic acids is 2. The SMILES string of the molecule is Cc1ccc(NC(=O)c2ccccc2NC(=S)NC(=O)c2ccccc2OC(C)C)cc1C. The van der Waals surface area contributed by atoms with E-state index < -0.39 is 5.91 Å². The maximum atomic E-state index is 12.9. The summed E-state index contributed by atoms with van der Waals surface area (Å²) in [5.41, 5.74) is 4.19. The van der Waals surface area contributed by atoms with E-state index in [9.17, 15) is 9.59 Å². The highest BCUT2D eigenvalue weighted by molar-refractivity contribution is 7.80. The van der Waals surface area contributed by atoms with Gasteiger partial charge in [-0.3, -0.25) is 14.9 Å². The van der Waals surface area contributed by atoms with Gasteiger partial charge in [-0.1, -0.05) is 30.3 Å². The highest BCUT2D eigenvalue weighted by atomic mass is 32.1. The van der Waals surface area contributed by atoms with E-state index in [4.69, 9.17) is 17.0 Å². The van der Waals surface area contributed by atoms with Gasteiger partial charge in [0.2, 0.25) is 0 Å². The van der Waals surface area contributed by atoms with Crippen molar-refractivity contribution in [3.05, 3.63) is 89.0 Å². The lowest BCUT2D eigenvalue weighted by molar-refractivity contribution is 0.0971. The number of thiocarbonyl (C=S) groups is 1. The minimum atomic E-state index is -0.402. The summed E-state index contributed by atoms with van der Waals surface area (Å²) in [5.74, 6) is -0.215. The zero-order chi connectivity index (χ0) is 24.0. The normalized spacial score (nSPS) is 10.5. The van der Waals surface area contributed by atoms with E-state index in [1.54, 1.807) is 48.5 Å². The summed E-state index contributed by atoms with van der Waals surface area (Å²) in [5, 5.41) is 8.59. The molecule has 0 aromatic heterocycles. The van der Waals surface area contributed by atoms with Crippen LogP contribution in [0.4, 0.5) is 11.4 Å². The number of hydrogen-bond acceptors (Lipinski definition) is 4. The number of nitrogens with one attached hydrogen (secondary N) is 3. The third kappa shape index (κ3) is 6.40. The Hall–Kier alpha value is -3.71. The molecule has 170 valence electrons. The molecule has 0 radical (unpaired) electrons. The van der Waals surface area contributed by atoms with Crippen LogP contribution in [0, 0.1) is 13.8 Å². The van der Waals surface area contributed by atoms with Gasteiger partial charge < -0.3 is 15.4 Å². The van der Waals surface area contributed by atoms with Crippen LogP contribution in [0.5, 0.6) is 5.75 Å². The van der Waals surface area contributed by atoms with Crippen molar-refractivity contribution >= 4 is 40.5 Å². The number of amides is 2. The lowest BCUT2D eigenvalue weighted by atomic mass is 10.1. The second-order valence-corrected chi connectivity index (χ2v) is 8.28. The monoisotopic (exact) mass is 461 g/mol. The Bertz CT molecular complexity index is 1190. The first-order valence-electron chi connectivity index (χ1n) is 10.6. The molecule has 6 nitrogen and oxygen atoms in total. The van der Waals surface area contributed by atoms with Crippen molar-refractivity contribution in [2.24, 2.45) is 0 Å². The molecule has 0 atom stereocenters. The Morgan fingerprint density at radius 2 is 1.48 bits per heavy atom. The summed E-state index contributed by atoms with van der Waals surface area (Å²) in [4.78, 5) is 25.7.